The van der Waals surface area contributed by atoms with Crippen LogP contribution in [0, 0.1) is 0 Å². The molecule has 1 aliphatic heterocycles. The van der Waals surface area contributed by atoms with Gasteiger partial charge in [-0.05, 0) is 27.2 Å². The van der Waals surface area contributed by atoms with E-state index in [9.17, 15) is 5.11 Å². The molecule has 1 fully saturated rings. The first-order valence-electron chi connectivity index (χ1n) is 4.78. The molecule has 0 amide bonds. The van der Waals surface area contributed by atoms with E-state index in [1.54, 1.807) is 0 Å². The summed E-state index contributed by atoms with van der Waals surface area (Å²) in [6, 6.07) is 0. The highest BCUT2D eigenvalue weighted by molar-refractivity contribution is 4.86. The van der Waals surface area contributed by atoms with Crippen molar-refractivity contribution >= 4 is 0 Å². The summed E-state index contributed by atoms with van der Waals surface area (Å²) in [7, 11) is 0. The molecule has 0 aromatic heterocycles. The largest absolute Gasteiger partial charge is 0.390 e. The second-order valence-electron chi connectivity index (χ2n) is 4.03. The van der Waals surface area contributed by atoms with Crippen molar-refractivity contribution in [2.45, 2.75) is 58.7 Å². The van der Waals surface area contributed by atoms with Gasteiger partial charge in [-0.3, -0.25) is 0 Å². The maximum absolute atomic E-state index is 9.63. The van der Waals surface area contributed by atoms with Crippen molar-refractivity contribution in [1.82, 2.24) is 0 Å². The van der Waals surface area contributed by atoms with Gasteiger partial charge in [0.2, 0.25) is 0 Å². The van der Waals surface area contributed by atoms with Gasteiger partial charge in [-0.1, -0.05) is 13.8 Å². The van der Waals surface area contributed by atoms with E-state index in [1.165, 1.54) is 0 Å². The zero-order valence-electron chi connectivity index (χ0n) is 8.98. The lowest BCUT2D eigenvalue weighted by Gasteiger charge is -2.39. The summed E-state index contributed by atoms with van der Waals surface area (Å²) in [5.41, 5.74) is -0.649. The monoisotopic (exact) mass is 174 g/mol. The van der Waals surface area contributed by atoms with E-state index in [0.717, 1.165) is 12.8 Å². The van der Waals surface area contributed by atoms with E-state index >= 15 is 0 Å². The molecule has 1 rings (SSSR count). The normalized spacial score (nSPS) is 33.5. The Kier molecular flexibility index (Phi) is 4.21. The minimum atomic E-state index is -0.512. The van der Waals surface area contributed by atoms with Crippen LogP contribution in [0.15, 0.2) is 0 Å². The minimum absolute atomic E-state index is 0.137. The Hall–Kier alpha value is -0.0800. The standard InChI is InChI=1S/C8H16O2.C2H6/c1-7(2)6-8(3,9)4-5-10-7;1-2/h9H,4-6H2,1-3H3;1-2H3. The predicted octanol–water partition coefficient (Wildman–Crippen LogP) is 2.35. The second kappa shape index (κ2) is 4.24. The molecule has 0 radical (unpaired) electrons. The van der Waals surface area contributed by atoms with E-state index in [2.05, 4.69) is 0 Å². The first-order chi connectivity index (χ1) is 5.41. The molecule has 0 aromatic carbocycles. The SMILES string of the molecule is CC.CC1(O)CCOC(C)(C)C1. The molecule has 1 saturated heterocycles. The Balaban J connectivity index is 0.000000561. The van der Waals surface area contributed by atoms with Gasteiger partial charge >= 0.3 is 0 Å². The van der Waals surface area contributed by atoms with Gasteiger partial charge < -0.3 is 9.84 Å². The zero-order chi connectivity index (χ0) is 9.83. The molecule has 1 heterocycles. The number of aliphatic hydroxyl groups is 1. The molecular formula is C10H22O2. The van der Waals surface area contributed by atoms with Crippen LogP contribution in [0.5, 0.6) is 0 Å². The average molecular weight is 174 g/mol. The van der Waals surface area contributed by atoms with Gasteiger partial charge in [0.25, 0.3) is 0 Å². The first kappa shape index (κ1) is 11.9. The van der Waals surface area contributed by atoms with Crippen molar-refractivity contribution in [2.24, 2.45) is 0 Å². The Bertz CT molecular complexity index is 114. The number of hydrogen-bond donors (Lipinski definition) is 1. The maximum Gasteiger partial charge on any atom is 0.0668 e. The van der Waals surface area contributed by atoms with E-state index in [1.807, 2.05) is 34.6 Å². The molecule has 12 heavy (non-hydrogen) atoms. The Morgan fingerprint density at radius 3 is 1.92 bits per heavy atom. The van der Waals surface area contributed by atoms with Crippen LogP contribution in [0.4, 0.5) is 0 Å². The highest BCUT2D eigenvalue weighted by atomic mass is 16.5. The lowest BCUT2D eigenvalue weighted by molar-refractivity contribution is -0.136. The van der Waals surface area contributed by atoms with E-state index in [0.29, 0.717) is 6.61 Å². The van der Waals surface area contributed by atoms with Gasteiger partial charge in [-0.25, -0.2) is 0 Å². The Morgan fingerprint density at radius 1 is 1.17 bits per heavy atom. The van der Waals surface area contributed by atoms with Crippen LogP contribution in [-0.4, -0.2) is 22.9 Å². The van der Waals surface area contributed by atoms with Crippen molar-refractivity contribution < 1.29 is 9.84 Å². The van der Waals surface area contributed by atoms with Crippen LogP contribution in [0.1, 0.15) is 47.5 Å². The van der Waals surface area contributed by atoms with E-state index in [-0.39, 0.29) is 5.60 Å². The molecule has 74 valence electrons. The van der Waals surface area contributed by atoms with Gasteiger partial charge in [0, 0.05) is 6.42 Å². The summed E-state index contributed by atoms with van der Waals surface area (Å²) in [4.78, 5) is 0. The number of rotatable bonds is 0. The summed E-state index contributed by atoms with van der Waals surface area (Å²) >= 11 is 0. The molecule has 0 aromatic rings. The van der Waals surface area contributed by atoms with Crippen molar-refractivity contribution in [3.8, 4) is 0 Å². The van der Waals surface area contributed by atoms with Crippen LogP contribution in [0.3, 0.4) is 0 Å². The fourth-order valence-electron chi connectivity index (χ4n) is 1.60. The van der Waals surface area contributed by atoms with Crippen molar-refractivity contribution in [2.75, 3.05) is 6.61 Å². The molecule has 1 atom stereocenters. The average Bonchev–Trinajstić information content (AvgIpc) is 1.86. The third-order valence-corrected chi connectivity index (χ3v) is 1.94. The maximum atomic E-state index is 9.63. The van der Waals surface area contributed by atoms with Gasteiger partial charge in [0.1, 0.15) is 0 Å². The smallest absolute Gasteiger partial charge is 0.0668 e. The molecule has 1 N–H and O–H groups in total. The fourth-order valence-corrected chi connectivity index (χ4v) is 1.60. The second-order valence-corrected chi connectivity index (χ2v) is 4.03. The summed E-state index contributed by atoms with van der Waals surface area (Å²) in [5, 5.41) is 9.63. The molecular weight excluding hydrogens is 152 g/mol. The number of hydrogen-bond acceptors (Lipinski definition) is 2. The molecule has 2 heteroatoms. The zero-order valence-corrected chi connectivity index (χ0v) is 8.98. The first-order valence-corrected chi connectivity index (χ1v) is 4.78. The molecule has 0 bridgehead atoms. The lowest BCUT2D eigenvalue weighted by Crippen LogP contribution is -2.43. The van der Waals surface area contributed by atoms with Crippen LogP contribution in [0.25, 0.3) is 0 Å². The van der Waals surface area contributed by atoms with Crippen molar-refractivity contribution in [3.05, 3.63) is 0 Å². The highest BCUT2D eigenvalue weighted by Gasteiger charge is 2.35. The third-order valence-electron chi connectivity index (χ3n) is 1.94. The topological polar surface area (TPSA) is 29.5 Å². The molecule has 2 nitrogen and oxygen atoms in total. The van der Waals surface area contributed by atoms with Gasteiger partial charge in [0.05, 0.1) is 17.8 Å². The van der Waals surface area contributed by atoms with E-state index < -0.39 is 5.60 Å². The molecule has 0 saturated carbocycles. The molecule has 1 unspecified atom stereocenters. The third kappa shape index (κ3) is 4.07. The van der Waals surface area contributed by atoms with Crippen molar-refractivity contribution in [3.63, 3.8) is 0 Å². The molecule has 0 spiro atoms. The lowest BCUT2D eigenvalue weighted by atomic mass is 9.86. The number of ether oxygens (including phenoxy) is 1. The van der Waals surface area contributed by atoms with Gasteiger partial charge in [0.15, 0.2) is 0 Å². The highest BCUT2D eigenvalue weighted by Crippen LogP contribution is 2.30. The molecule has 1 aliphatic rings. The fraction of sp³-hybridized carbons (Fsp3) is 1.00. The summed E-state index contributed by atoms with van der Waals surface area (Å²) in [5.74, 6) is 0. The summed E-state index contributed by atoms with van der Waals surface area (Å²) in [6.07, 6.45) is 1.50. The Morgan fingerprint density at radius 2 is 1.67 bits per heavy atom. The van der Waals surface area contributed by atoms with Crippen LogP contribution in [0.2, 0.25) is 0 Å². The van der Waals surface area contributed by atoms with Gasteiger partial charge in [-0.15, -0.1) is 0 Å². The van der Waals surface area contributed by atoms with Crippen LogP contribution in [-0.2, 0) is 4.74 Å². The summed E-state index contributed by atoms with van der Waals surface area (Å²) < 4.78 is 5.44. The van der Waals surface area contributed by atoms with Crippen LogP contribution >= 0.6 is 0 Å². The molecule has 0 aliphatic carbocycles. The van der Waals surface area contributed by atoms with Gasteiger partial charge in [-0.2, -0.15) is 0 Å². The van der Waals surface area contributed by atoms with Crippen molar-refractivity contribution in [1.29, 1.82) is 0 Å². The van der Waals surface area contributed by atoms with Crippen LogP contribution < -0.4 is 0 Å². The predicted molar refractivity (Wildman–Crippen MR) is 51.2 cm³/mol. The van der Waals surface area contributed by atoms with E-state index in [4.69, 9.17) is 4.74 Å². The summed E-state index contributed by atoms with van der Waals surface area (Å²) in [6.45, 7) is 10.6. The minimum Gasteiger partial charge on any atom is -0.390 e. The quantitative estimate of drug-likeness (QED) is 0.611. The Labute approximate surface area is 75.9 Å².